The van der Waals surface area contributed by atoms with Gasteiger partial charge in [0.15, 0.2) is 0 Å². The molecule has 2 N–H and O–H groups in total. The van der Waals surface area contributed by atoms with Gasteiger partial charge in [-0.3, -0.25) is 4.79 Å². The van der Waals surface area contributed by atoms with Crippen LogP contribution >= 0.6 is 0 Å². The molecule has 1 amide bonds. The fourth-order valence-corrected chi connectivity index (χ4v) is 1.53. The van der Waals surface area contributed by atoms with Gasteiger partial charge in [0.25, 0.3) is 0 Å². The zero-order valence-corrected chi connectivity index (χ0v) is 7.92. The summed E-state index contributed by atoms with van der Waals surface area (Å²) in [5, 5.41) is 0. The normalized spacial score (nSPS) is 26.4. The summed E-state index contributed by atoms with van der Waals surface area (Å²) >= 11 is 0. The highest BCUT2D eigenvalue weighted by Gasteiger charge is 2.28. The third kappa shape index (κ3) is 1.97. The van der Waals surface area contributed by atoms with E-state index in [0.717, 1.165) is 19.5 Å². The second-order valence-electron chi connectivity index (χ2n) is 3.81. The molecule has 1 aliphatic heterocycles. The molecule has 1 saturated heterocycles. The number of nitrogens with two attached hydrogens (primary N) is 1. The van der Waals surface area contributed by atoms with Crippen molar-refractivity contribution in [3.63, 3.8) is 0 Å². The molecule has 0 bridgehead atoms. The Morgan fingerprint density at radius 3 is 2.83 bits per heavy atom. The average Bonchev–Trinajstić information content (AvgIpc) is 2.36. The summed E-state index contributed by atoms with van der Waals surface area (Å²) < 4.78 is 0. The van der Waals surface area contributed by atoms with Gasteiger partial charge < -0.3 is 10.6 Å². The quantitative estimate of drug-likeness (QED) is 0.668. The van der Waals surface area contributed by atoms with Crippen LogP contribution in [0.25, 0.3) is 0 Å². The molecular weight excluding hydrogens is 152 g/mol. The van der Waals surface area contributed by atoms with Crippen LogP contribution in [0.3, 0.4) is 0 Å². The van der Waals surface area contributed by atoms with Crippen molar-refractivity contribution in [3.05, 3.63) is 0 Å². The van der Waals surface area contributed by atoms with Gasteiger partial charge >= 0.3 is 0 Å². The molecule has 12 heavy (non-hydrogen) atoms. The number of rotatable bonds is 3. The molecule has 3 nitrogen and oxygen atoms in total. The van der Waals surface area contributed by atoms with Crippen molar-refractivity contribution in [2.24, 2.45) is 17.6 Å². The van der Waals surface area contributed by atoms with Crippen molar-refractivity contribution in [1.82, 2.24) is 4.90 Å². The molecule has 0 aliphatic carbocycles. The number of amides is 1. The van der Waals surface area contributed by atoms with Gasteiger partial charge in [-0.15, -0.1) is 0 Å². The molecule has 3 heteroatoms. The molecule has 1 fully saturated rings. The highest BCUT2D eigenvalue weighted by atomic mass is 16.2. The first-order valence-corrected chi connectivity index (χ1v) is 4.64. The summed E-state index contributed by atoms with van der Waals surface area (Å²) in [7, 11) is 0. The smallest absolute Gasteiger partial charge is 0.225 e. The minimum atomic E-state index is 0.231. The Balaban J connectivity index is 2.39. The van der Waals surface area contributed by atoms with Gasteiger partial charge in [0.1, 0.15) is 0 Å². The Morgan fingerprint density at radius 2 is 2.42 bits per heavy atom. The lowest BCUT2D eigenvalue weighted by atomic mass is 10.1. The molecule has 1 heterocycles. The first kappa shape index (κ1) is 9.52. The highest BCUT2D eigenvalue weighted by Crippen LogP contribution is 2.17. The summed E-state index contributed by atoms with van der Waals surface area (Å²) in [4.78, 5) is 13.4. The van der Waals surface area contributed by atoms with Crippen LogP contribution in [0.15, 0.2) is 0 Å². The second-order valence-corrected chi connectivity index (χ2v) is 3.81. The largest absolute Gasteiger partial charge is 0.342 e. The van der Waals surface area contributed by atoms with E-state index in [1.54, 1.807) is 0 Å². The first-order valence-electron chi connectivity index (χ1n) is 4.64. The maximum Gasteiger partial charge on any atom is 0.225 e. The molecular formula is C9H18N2O. The van der Waals surface area contributed by atoms with Crippen LogP contribution in [0, 0.1) is 11.8 Å². The molecule has 1 aliphatic rings. The number of hydrogen-bond donors (Lipinski definition) is 1. The van der Waals surface area contributed by atoms with Crippen LogP contribution in [0.2, 0.25) is 0 Å². The van der Waals surface area contributed by atoms with Crippen molar-refractivity contribution >= 4 is 5.91 Å². The molecule has 2 atom stereocenters. The molecule has 0 saturated carbocycles. The van der Waals surface area contributed by atoms with E-state index < -0.39 is 0 Å². The summed E-state index contributed by atoms with van der Waals surface area (Å²) in [5.74, 6) is 0.963. The number of hydrogen-bond acceptors (Lipinski definition) is 2. The topological polar surface area (TPSA) is 46.3 Å². The van der Waals surface area contributed by atoms with Crippen molar-refractivity contribution in [2.75, 3.05) is 19.6 Å². The van der Waals surface area contributed by atoms with E-state index in [1.807, 2.05) is 11.8 Å². The molecule has 0 aromatic rings. The number of carbonyl (C=O) groups excluding carboxylic acids is 1. The Kier molecular flexibility index (Phi) is 3.09. The second kappa shape index (κ2) is 3.90. The molecule has 0 radical (unpaired) electrons. The maximum atomic E-state index is 11.4. The van der Waals surface area contributed by atoms with Gasteiger partial charge in [0.05, 0.1) is 0 Å². The van der Waals surface area contributed by atoms with Crippen LogP contribution < -0.4 is 5.73 Å². The van der Waals surface area contributed by atoms with Crippen molar-refractivity contribution < 1.29 is 4.79 Å². The lowest BCUT2D eigenvalue weighted by molar-refractivity contribution is -0.130. The lowest BCUT2D eigenvalue weighted by Gasteiger charge is -2.19. The highest BCUT2D eigenvalue weighted by molar-refractivity contribution is 5.80. The molecule has 1 rings (SSSR count). The van der Waals surface area contributed by atoms with E-state index in [2.05, 4.69) is 6.92 Å². The van der Waals surface area contributed by atoms with Crippen LogP contribution in [-0.2, 0) is 4.79 Å². The first-order chi connectivity index (χ1) is 5.65. The molecule has 0 aromatic heterocycles. The van der Waals surface area contributed by atoms with Gasteiger partial charge in [0.2, 0.25) is 5.91 Å². The number of likely N-dealkylation sites (tertiary alicyclic amines) is 1. The van der Waals surface area contributed by atoms with Crippen molar-refractivity contribution in [1.29, 1.82) is 0 Å². The van der Waals surface area contributed by atoms with Crippen molar-refractivity contribution in [3.8, 4) is 0 Å². The summed E-state index contributed by atoms with van der Waals surface area (Å²) in [6, 6.07) is 0. The van der Waals surface area contributed by atoms with Crippen LogP contribution in [0.4, 0.5) is 0 Å². The van der Waals surface area contributed by atoms with E-state index in [9.17, 15) is 4.79 Å². The number of carbonyl (C=O) groups is 1. The Labute approximate surface area is 73.9 Å². The predicted molar refractivity (Wildman–Crippen MR) is 48.6 cm³/mol. The van der Waals surface area contributed by atoms with E-state index in [4.69, 9.17) is 5.73 Å². The monoisotopic (exact) mass is 170 g/mol. The summed E-state index contributed by atoms with van der Waals surface area (Å²) in [6.45, 7) is 6.49. The van der Waals surface area contributed by atoms with E-state index in [0.29, 0.717) is 18.4 Å². The molecule has 70 valence electrons. The zero-order valence-electron chi connectivity index (χ0n) is 7.92. The fraction of sp³-hybridized carbons (Fsp3) is 0.889. The van der Waals surface area contributed by atoms with Crippen molar-refractivity contribution in [2.45, 2.75) is 20.3 Å². The van der Waals surface area contributed by atoms with E-state index in [-0.39, 0.29) is 5.92 Å². The van der Waals surface area contributed by atoms with Crippen LogP contribution in [0.1, 0.15) is 20.3 Å². The Bertz CT molecular complexity index is 170. The van der Waals surface area contributed by atoms with Crippen LogP contribution in [0.5, 0.6) is 0 Å². The minimum Gasteiger partial charge on any atom is -0.342 e. The van der Waals surface area contributed by atoms with Gasteiger partial charge in [-0.05, 0) is 18.9 Å². The Hall–Kier alpha value is -0.570. The third-order valence-electron chi connectivity index (χ3n) is 2.50. The molecule has 0 spiro atoms. The Morgan fingerprint density at radius 1 is 1.75 bits per heavy atom. The van der Waals surface area contributed by atoms with Gasteiger partial charge in [-0.2, -0.15) is 0 Å². The van der Waals surface area contributed by atoms with Crippen LogP contribution in [-0.4, -0.2) is 30.4 Å². The SMILES string of the molecule is CC(CN)CN1CCC(C)C1=O. The fourth-order valence-electron chi connectivity index (χ4n) is 1.53. The number of nitrogens with zero attached hydrogens (tertiary/aromatic N) is 1. The molecule has 2 unspecified atom stereocenters. The summed E-state index contributed by atoms with van der Waals surface area (Å²) in [6.07, 6.45) is 1.01. The van der Waals surface area contributed by atoms with Gasteiger partial charge in [-0.1, -0.05) is 13.8 Å². The lowest BCUT2D eigenvalue weighted by Crippen LogP contribution is -2.33. The standard InChI is InChI=1S/C9H18N2O/c1-7(5-10)6-11-4-3-8(2)9(11)12/h7-8H,3-6,10H2,1-2H3. The predicted octanol–water partition coefficient (Wildman–Crippen LogP) is 0.450. The van der Waals surface area contributed by atoms with E-state index >= 15 is 0 Å². The minimum absolute atomic E-state index is 0.231. The maximum absolute atomic E-state index is 11.4. The summed E-state index contributed by atoms with van der Waals surface area (Å²) in [5.41, 5.74) is 5.49. The van der Waals surface area contributed by atoms with Gasteiger partial charge in [-0.25, -0.2) is 0 Å². The van der Waals surface area contributed by atoms with E-state index in [1.165, 1.54) is 0 Å². The molecule has 0 aromatic carbocycles. The third-order valence-corrected chi connectivity index (χ3v) is 2.50. The average molecular weight is 170 g/mol. The zero-order chi connectivity index (χ0) is 9.14. The van der Waals surface area contributed by atoms with Gasteiger partial charge in [0, 0.05) is 19.0 Å².